The van der Waals surface area contributed by atoms with Crippen LogP contribution in [0.25, 0.3) is 17.3 Å². The molecule has 0 aliphatic carbocycles. The van der Waals surface area contributed by atoms with Crippen molar-refractivity contribution in [3.63, 3.8) is 0 Å². The average Bonchev–Trinajstić information content (AvgIpc) is 3.54. The van der Waals surface area contributed by atoms with E-state index < -0.39 is 0 Å². The van der Waals surface area contributed by atoms with Crippen LogP contribution in [0.1, 0.15) is 35.9 Å². The monoisotopic (exact) mass is 448 g/mol. The lowest BCUT2D eigenvalue weighted by Crippen LogP contribution is -2.24. The highest BCUT2D eigenvalue weighted by molar-refractivity contribution is 5.94. The fourth-order valence-electron chi connectivity index (χ4n) is 3.12. The van der Waals surface area contributed by atoms with Crippen LogP contribution in [0.15, 0.2) is 43.0 Å². The number of benzene rings is 1. The molecule has 4 aromatic rings. The van der Waals surface area contributed by atoms with Crippen molar-refractivity contribution in [1.29, 1.82) is 0 Å². The molecule has 1 aromatic carbocycles. The highest BCUT2D eigenvalue weighted by atomic mass is 16.5. The molecule has 170 valence electrons. The number of amides is 1. The summed E-state index contributed by atoms with van der Waals surface area (Å²) in [6, 6.07) is 7.21. The molecule has 0 saturated heterocycles. The number of nitrogens with zero attached hydrogens (tertiary/aromatic N) is 9. The van der Waals surface area contributed by atoms with Gasteiger partial charge in [0.25, 0.3) is 5.91 Å². The molecule has 0 bridgehead atoms. The first-order chi connectivity index (χ1) is 16.2. The smallest absolute Gasteiger partial charge is 0.251 e. The van der Waals surface area contributed by atoms with Crippen molar-refractivity contribution in [3.8, 4) is 23.1 Å². The lowest BCUT2D eigenvalue weighted by molar-refractivity contribution is 0.0952. The van der Waals surface area contributed by atoms with Gasteiger partial charge in [0.1, 0.15) is 0 Å². The van der Waals surface area contributed by atoms with Crippen molar-refractivity contribution < 1.29 is 9.53 Å². The Morgan fingerprint density at radius 1 is 1.18 bits per heavy atom. The number of methoxy groups -OCH3 is 1. The van der Waals surface area contributed by atoms with Crippen molar-refractivity contribution in [2.75, 3.05) is 13.7 Å². The molecule has 0 atom stereocenters. The lowest BCUT2D eigenvalue weighted by Gasteiger charge is -2.09. The highest BCUT2D eigenvalue weighted by Crippen LogP contribution is 2.20. The molecule has 1 amide bonds. The number of carbonyl (C=O) groups excluding carboxylic acids is 1. The van der Waals surface area contributed by atoms with Crippen molar-refractivity contribution in [2.24, 2.45) is 0 Å². The van der Waals surface area contributed by atoms with Crippen LogP contribution < -0.4 is 10.1 Å². The van der Waals surface area contributed by atoms with Gasteiger partial charge in [-0.05, 0) is 36.3 Å². The summed E-state index contributed by atoms with van der Waals surface area (Å²) < 4.78 is 6.79. The zero-order chi connectivity index (χ0) is 23.0. The molecule has 33 heavy (non-hydrogen) atoms. The number of tetrazole rings is 1. The predicted octanol–water partition coefficient (Wildman–Crippen LogP) is 1.49. The number of rotatable bonds is 10. The number of aryl methyl sites for hydroxylation is 2. The van der Waals surface area contributed by atoms with E-state index in [0.29, 0.717) is 54.0 Å². The van der Waals surface area contributed by atoms with Gasteiger partial charge < -0.3 is 10.1 Å². The molecular weight excluding hydrogens is 424 g/mol. The molecule has 1 N–H and O–H groups in total. The molecule has 12 nitrogen and oxygen atoms in total. The van der Waals surface area contributed by atoms with Gasteiger partial charge in [-0.3, -0.25) is 4.79 Å². The zero-order valence-corrected chi connectivity index (χ0v) is 18.4. The van der Waals surface area contributed by atoms with Crippen LogP contribution in [0.4, 0.5) is 0 Å². The van der Waals surface area contributed by atoms with Gasteiger partial charge in [0, 0.05) is 18.5 Å². The summed E-state index contributed by atoms with van der Waals surface area (Å²) in [6.07, 6.45) is 6.85. The third-order valence-corrected chi connectivity index (χ3v) is 4.85. The number of hydrogen-bond acceptors (Lipinski definition) is 9. The molecule has 0 aliphatic heterocycles. The van der Waals surface area contributed by atoms with Crippen LogP contribution in [0.3, 0.4) is 0 Å². The number of unbranched alkanes of at least 4 members (excludes halogenated alkanes) is 1. The molecule has 0 saturated carbocycles. The Kier molecular flexibility index (Phi) is 6.93. The zero-order valence-electron chi connectivity index (χ0n) is 18.4. The number of nitrogens with one attached hydrogen (secondary N) is 1. The Morgan fingerprint density at radius 2 is 2.03 bits per heavy atom. The molecule has 3 aromatic heterocycles. The van der Waals surface area contributed by atoms with Crippen molar-refractivity contribution in [1.82, 2.24) is 50.3 Å². The quantitative estimate of drug-likeness (QED) is 0.357. The van der Waals surface area contributed by atoms with E-state index >= 15 is 0 Å². The van der Waals surface area contributed by atoms with Gasteiger partial charge in [-0.1, -0.05) is 13.0 Å². The lowest BCUT2D eigenvalue weighted by atomic mass is 10.2. The normalized spacial score (nSPS) is 10.8. The Hall–Kier alpha value is -4.22. The van der Waals surface area contributed by atoms with E-state index in [2.05, 4.69) is 40.8 Å². The van der Waals surface area contributed by atoms with E-state index in [1.54, 1.807) is 36.3 Å². The maximum absolute atomic E-state index is 12.7. The van der Waals surface area contributed by atoms with Crippen LogP contribution in [0, 0.1) is 0 Å². The molecular formula is C21H24N10O2. The number of ether oxygens (including phenoxy) is 1. The van der Waals surface area contributed by atoms with E-state index in [4.69, 9.17) is 4.74 Å². The van der Waals surface area contributed by atoms with E-state index in [0.717, 1.165) is 12.8 Å². The topological polar surface area (TPSA) is 138 Å². The summed E-state index contributed by atoms with van der Waals surface area (Å²) in [7, 11) is 1.56. The van der Waals surface area contributed by atoms with Crippen molar-refractivity contribution in [2.45, 2.75) is 32.7 Å². The first-order valence-electron chi connectivity index (χ1n) is 10.6. The fraction of sp³-hybridized carbons (Fsp3) is 0.333. The Morgan fingerprint density at radius 3 is 2.76 bits per heavy atom. The maximum Gasteiger partial charge on any atom is 0.251 e. The van der Waals surface area contributed by atoms with Gasteiger partial charge in [-0.2, -0.15) is 9.90 Å². The largest absolute Gasteiger partial charge is 0.494 e. The van der Waals surface area contributed by atoms with Gasteiger partial charge in [-0.15, -0.1) is 10.2 Å². The van der Waals surface area contributed by atoms with Gasteiger partial charge in [0.2, 0.25) is 5.82 Å². The summed E-state index contributed by atoms with van der Waals surface area (Å²) in [5.74, 6) is 1.96. The molecule has 0 spiro atoms. The van der Waals surface area contributed by atoms with Gasteiger partial charge in [0.15, 0.2) is 23.7 Å². The summed E-state index contributed by atoms with van der Waals surface area (Å²) >= 11 is 0. The summed E-state index contributed by atoms with van der Waals surface area (Å²) in [5, 5.41) is 19.0. The summed E-state index contributed by atoms with van der Waals surface area (Å²) in [6.45, 7) is 3.18. The van der Waals surface area contributed by atoms with E-state index in [1.165, 1.54) is 11.1 Å². The van der Waals surface area contributed by atoms with Crippen LogP contribution in [-0.2, 0) is 13.0 Å². The Balaban J connectivity index is 1.46. The molecule has 0 radical (unpaired) electrons. The van der Waals surface area contributed by atoms with Crippen molar-refractivity contribution >= 4 is 5.91 Å². The number of hydrogen-bond donors (Lipinski definition) is 1. The molecule has 12 heteroatoms. The molecule has 0 fully saturated rings. The first-order valence-corrected chi connectivity index (χ1v) is 10.6. The van der Waals surface area contributed by atoms with Gasteiger partial charge in [0.05, 0.1) is 31.7 Å². The van der Waals surface area contributed by atoms with E-state index in [1.807, 2.05) is 19.1 Å². The second kappa shape index (κ2) is 10.4. The summed E-state index contributed by atoms with van der Waals surface area (Å²) in [5.41, 5.74) is 1.22. The third kappa shape index (κ3) is 5.34. The molecule has 0 aliphatic rings. The van der Waals surface area contributed by atoms with Crippen LogP contribution in [0.5, 0.6) is 5.75 Å². The first kappa shape index (κ1) is 22.0. The minimum absolute atomic E-state index is 0.159. The number of aromatic nitrogens is 9. The Bertz CT molecular complexity index is 1190. The maximum atomic E-state index is 12.7. The third-order valence-electron chi connectivity index (χ3n) is 4.85. The molecule has 3 heterocycles. The minimum Gasteiger partial charge on any atom is -0.494 e. The average molecular weight is 448 g/mol. The number of carbonyl (C=O) groups is 1. The molecule has 0 unspecified atom stereocenters. The van der Waals surface area contributed by atoms with Crippen LogP contribution >= 0.6 is 0 Å². The fourth-order valence-corrected chi connectivity index (χ4v) is 3.12. The summed E-state index contributed by atoms with van der Waals surface area (Å²) in [4.78, 5) is 27.4. The van der Waals surface area contributed by atoms with E-state index in [-0.39, 0.29) is 5.91 Å². The standard InChI is InChI=1S/C21H24N10O2/c1-3-18-27-20(19-23-12-17(33-2)13-24-19)31(28-18)16-8-6-7-15(11-16)21(32)22-9-4-5-10-30-26-14-25-29-30/h6-8,11-14H,3-5,9-10H2,1-2H3,(H,22,32). The van der Waals surface area contributed by atoms with Gasteiger partial charge in [-0.25, -0.2) is 19.6 Å². The van der Waals surface area contributed by atoms with Crippen LogP contribution in [0.2, 0.25) is 0 Å². The molecule has 4 rings (SSSR count). The SMILES string of the molecule is CCc1nc(-c2ncc(OC)cn2)n(-c2cccc(C(=O)NCCCCn3ncnn3)c2)n1. The van der Waals surface area contributed by atoms with E-state index in [9.17, 15) is 4.79 Å². The second-order valence-electron chi connectivity index (χ2n) is 7.11. The second-order valence-corrected chi connectivity index (χ2v) is 7.11. The highest BCUT2D eigenvalue weighted by Gasteiger charge is 2.17. The van der Waals surface area contributed by atoms with Gasteiger partial charge >= 0.3 is 0 Å². The van der Waals surface area contributed by atoms with Crippen LogP contribution in [-0.4, -0.2) is 64.5 Å². The Labute approximate surface area is 190 Å². The predicted molar refractivity (Wildman–Crippen MR) is 118 cm³/mol. The minimum atomic E-state index is -0.159. The van der Waals surface area contributed by atoms with Crippen molar-refractivity contribution in [3.05, 3.63) is 54.4 Å².